The summed E-state index contributed by atoms with van der Waals surface area (Å²) in [6.07, 6.45) is 2.09. The molecule has 1 saturated heterocycles. The van der Waals surface area contributed by atoms with Crippen LogP contribution >= 0.6 is 15.9 Å². The summed E-state index contributed by atoms with van der Waals surface area (Å²) in [5.41, 5.74) is 0.900. The van der Waals surface area contributed by atoms with Crippen LogP contribution in [0.25, 0.3) is 0 Å². The second kappa shape index (κ2) is 4.91. The first kappa shape index (κ1) is 13.1. The topological polar surface area (TPSA) is 29.5 Å². The highest BCUT2D eigenvalue weighted by atomic mass is 79.9. The highest BCUT2D eigenvalue weighted by Gasteiger charge is 2.53. The van der Waals surface area contributed by atoms with Crippen LogP contribution in [-0.4, -0.2) is 36.6 Å². The quantitative estimate of drug-likeness (QED) is 0.837. The maximum atomic E-state index is 12.8. The van der Waals surface area contributed by atoms with Gasteiger partial charge in [0.1, 0.15) is 0 Å². The molecule has 1 unspecified atom stereocenters. The predicted octanol–water partition coefficient (Wildman–Crippen LogP) is 2.73. The van der Waals surface area contributed by atoms with Crippen LogP contribution in [0.2, 0.25) is 0 Å². The second-order valence-corrected chi connectivity index (χ2v) is 6.44. The standard InChI is InChI=1S/C15H18BrNO2/c1-11-10-17(8-9-19-11)14(18)15(6-7-15)12-2-4-13(16)5-3-12/h2-5,11H,6-10H2,1H3. The van der Waals surface area contributed by atoms with E-state index in [0.29, 0.717) is 6.61 Å². The number of nitrogens with zero attached hydrogens (tertiary/aromatic N) is 1. The Morgan fingerprint density at radius 2 is 2.05 bits per heavy atom. The molecule has 1 atom stereocenters. The van der Waals surface area contributed by atoms with Gasteiger partial charge in [-0.05, 0) is 37.5 Å². The van der Waals surface area contributed by atoms with Gasteiger partial charge in [-0.25, -0.2) is 0 Å². The summed E-state index contributed by atoms with van der Waals surface area (Å²) in [6.45, 7) is 4.13. The van der Waals surface area contributed by atoms with Crippen LogP contribution in [0.4, 0.5) is 0 Å². The van der Waals surface area contributed by atoms with Gasteiger partial charge in [0.15, 0.2) is 0 Å². The third kappa shape index (κ3) is 2.43. The molecule has 1 amide bonds. The van der Waals surface area contributed by atoms with Gasteiger partial charge < -0.3 is 9.64 Å². The monoisotopic (exact) mass is 323 g/mol. The first-order valence-electron chi connectivity index (χ1n) is 6.79. The molecule has 102 valence electrons. The summed E-state index contributed by atoms with van der Waals surface area (Å²) < 4.78 is 6.57. The minimum absolute atomic E-state index is 0.151. The SMILES string of the molecule is CC1CN(C(=O)C2(c3ccc(Br)cc3)CC2)CCO1. The van der Waals surface area contributed by atoms with Gasteiger partial charge in [-0.15, -0.1) is 0 Å². The number of ether oxygens (including phenoxy) is 1. The number of halogens is 1. The van der Waals surface area contributed by atoms with Crippen molar-refractivity contribution in [2.24, 2.45) is 0 Å². The summed E-state index contributed by atoms with van der Waals surface area (Å²) >= 11 is 3.44. The van der Waals surface area contributed by atoms with Crippen LogP contribution in [0, 0.1) is 0 Å². The lowest BCUT2D eigenvalue weighted by Gasteiger charge is -2.34. The van der Waals surface area contributed by atoms with Gasteiger partial charge in [-0.1, -0.05) is 28.1 Å². The number of rotatable bonds is 2. The van der Waals surface area contributed by atoms with E-state index in [1.165, 1.54) is 0 Å². The van der Waals surface area contributed by atoms with E-state index < -0.39 is 0 Å². The Hall–Kier alpha value is -0.870. The van der Waals surface area contributed by atoms with Gasteiger partial charge in [-0.2, -0.15) is 0 Å². The average molecular weight is 324 g/mol. The van der Waals surface area contributed by atoms with E-state index in [4.69, 9.17) is 4.74 Å². The summed E-state index contributed by atoms with van der Waals surface area (Å²) in [5, 5.41) is 0. The van der Waals surface area contributed by atoms with Crippen molar-refractivity contribution >= 4 is 21.8 Å². The Kier molecular flexibility index (Phi) is 3.39. The molecule has 2 aliphatic rings. The van der Waals surface area contributed by atoms with Gasteiger partial charge >= 0.3 is 0 Å². The molecule has 0 bridgehead atoms. The fourth-order valence-corrected chi connectivity index (χ4v) is 3.09. The number of hydrogen-bond donors (Lipinski definition) is 0. The summed E-state index contributed by atoms with van der Waals surface area (Å²) in [7, 11) is 0. The van der Waals surface area contributed by atoms with Crippen molar-refractivity contribution in [3.63, 3.8) is 0 Å². The van der Waals surface area contributed by atoms with Crippen molar-refractivity contribution < 1.29 is 9.53 Å². The third-order valence-electron chi connectivity index (χ3n) is 4.08. The number of carbonyl (C=O) groups excluding carboxylic acids is 1. The number of benzene rings is 1. The molecule has 0 radical (unpaired) electrons. The molecular weight excluding hydrogens is 306 g/mol. The molecule has 0 aromatic heterocycles. The molecule has 4 heteroatoms. The maximum absolute atomic E-state index is 12.8. The molecule has 1 aromatic rings. The fourth-order valence-electron chi connectivity index (χ4n) is 2.83. The minimum atomic E-state index is -0.252. The van der Waals surface area contributed by atoms with Crippen LogP contribution in [0.3, 0.4) is 0 Å². The maximum Gasteiger partial charge on any atom is 0.233 e. The molecule has 1 aliphatic heterocycles. The van der Waals surface area contributed by atoms with Gasteiger partial charge in [0.05, 0.1) is 18.1 Å². The Bertz CT molecular complexity index is 481. The van der Waals surface area contributed by atoms with Crippen LogP contribution in [0.5, 0.6) is 0 Å². The van der Waals surface area contributed by atoms with Crippen LogP contribution in [0.1, 0.15) is 25.3 Å². The van der Waals surface area contributed by atoms with Crippen molar-refractivity contribution in [1.82, 2.24) is 4.90 Å². The lowest BCUT2D eigenvalue weighted by molar-refractivity contribution is -0.140. The number of hydrogen-bond acceptors (Lipinski definition) is 2. The minimum Gasteiger partial charge on any atom is -0.375 e. The normalized spacial score (nSPS) is 25.2. The largest absolute Gasteiger partial charge is 0.375 e. The van der Waals surface area contributed by atoms with E-state index in [-0.39, 0.29) is 17.4 Å². The highest BCUT2D eigenvalue weighted by Crippen LogP contribution is 2.49. The predicted molar refractivity (Wildman–Crippen MR) is 77.0 cm³/mol. The van der Waals surface area contributed by atoms with Crippen LogP contribution < -0.4 is 0 Å². The van der Waals surface area contributed by atoms with Crippen molar-refractivity contribution in [3.8, 4) is 0 Å². The first-order chi connectivity index (χ1) is 9.12. The Morgan fingerprint density at radius 1 is 1.37 bits per heavy atom. The second-order valence-electron chi connectivity index (χ2n) is 5.52. The highest BCUT2D eigenvalue weighted by molar-refractivity contribution is 9.10. The first-order valence-corrected chi connectivity index (χ1v) is 7.58. The van der Waals surface area contributed by atoms with E-state index in [1.54, 1.807) is 0 Å². The van der Waals surface area contributed by atoms with Crippen molar-refractivity contribution in [3.05, 3.63) is 34.3 Å². The van der Waals surface area contributed by atoms with Gasteiger partial charge in [0.25, 0.3) is 0 Å². The van der Waals surface area contributed by atoms with Crippen molar-refractivity contribution in [1.29, 1.82) is 0 Å². The Labute approximate surface area is 122 Å². The Morgan fingerprint density at radius 3 is 2.63 bits per heavy atom. The number of carbonyl (C=O) groups is 1. The summed E-state index contributed by atoms with van der Waals surface area (Å²) in [4.78, 5) is 14.7. The lowest BCUT2D eigenvalue weighted by Crippen LogP contribution is -2.48. The zero-order chi connectivity index (χ0) is 13.5. The number of morpholine rings is 1. The zero-order valence-electron chi connectivity index (χ0n) is 11.1. The molecule has 0 N–H and O–H groups in total. The third-order valence-corrected chi connectivity index (χ3v) is 4.61. The van der Waals surface area contributed by atoms with E-state index >= 15 is 0 Å². The van der Waals surface area contributed by atoms with E-state index in [1.807, 2.05) is 24.0 Å². The molecule has 1 aliphatic carbocycles. The summed E-state index contributed by atoms with van der Waals surface area (Å²) in [6, 6.07) is 8.17. The smallest absolute Gasteiger partial charge is 0.233 e. The molecule has 3 rings (SSSR count). The number of amides is 1. The average Bonchev–Trinajstić information content (AvgIpc) is 3.20. The molecule has 1 heterocycles. The summed E-state index contributed by atoms with van der Waals surface area (Å²) in [5.74, 6) is 0.282. The Balaban J connectivity index is 1.80. The van der Waals surface area contributed by atoms with E-state index in [9.17, 15) is 4.79 Å². The van der Waals surface area contributed by atoms with Gasteiger partial charge in [-0.3, -0.25) is 4.79 Å². The van der Waals surface area contributed by atoms with Gasteiger partial charge in [0.2, 0.25) is 5.91 Å². The molecule has 1 aromatic carbocycles. The van der Waals surface area contributed by atoms with E-state index in [0.717, 1.165) is 36.0 Å². The molecule has 3 nitrogen and oxygen atoms in total. The molecule has 1 saturated carbocycles. The van der Waals surface area contributed by atoms with Gasteiger partial charge in [0, 0.05) is 17.6 Å². The molecule has 19 heavy (non-hydrogen) atoms. The molecule has 2 fully saturated rings. The van der Waals surface area contributed by atoms with Crippen molar-refractivity contribution in [2.45, 2.75) is 31.3 Å². The zero-order valence-corrected chi connectivity index (χ0v) is 12.6. The van der Waals surface area contributed by atoms with Crippen LogP contribution in [-0.2, 0) is 14.9 Å². The van der Waals surface area contributed by atoms with Crippen molar-refractivity contribution in [2.75, 3.05) is 19.7 Å². The lowest BCUT2D eigenvalue weighted by atomic mass is 9.94. The fraction of sp³-hybridized carbons (Fsp3) is 0.533. The molecule has 0 spiro atoms. The van der Waals surface area contributed by atoms with E-state index in [2.05, 4.69) is 28.1 Å². The molecular formula is C15H18BrNO2. The van der Waals surface area contributed by atoms with Crippen LogP contribution in [0.15, 0.2) is 28.7 Å².